The Morgan fingerprint density at radius 3 is 2.40 bits per heavy atom. The molecule has 1 heterocycles. The van der Waals surface area contributed by atoms with Crippen molar-refractivity contribution in [1.29, 1.82) is 0 Å². The smallest absolute Gasteiger partial charge is 0.253 e. The molecule has 0 radical (unpaired) electrons. The zero-order valence-corrected chi connectivity index (χ0v) is 9.90. The number of ether oxygens (including phenoxy) is 1. The quantitative estimate of drug-likeness (QED) is 0.754. The Kier molecular flexibility index (Phi) is 4.54. The third-order valence-electron chi connectivity index (χ3n) is 3.22. The van der Waals surface area contributed by atoms with Crippen molar-refractivity contribution in [3.8, 4) is 0 Å². The van der Waals surface area contributed by atoms with Crippen molar-refractivity contribution in [1.82, 2.24) is 4.90 Å². The van der Waals surface area contributed by atoms with Gasteiger partial charge in [-0.2, -0.15) is 0 Å². The lowest BCUT2D eigenvalue weighted by Gasteiger charge is -2.40. The number of hydrogen-bond acceptors (Lipinski definition) is 3. The van der Waals surface area contributed by atoms with Gasteiger partial charge in [0, 0.05) is 25.7 Å². The standard InChI is InChI=1S/C11H22N2O2/c1-8-5-4-6-9(2)13(8)11(14)10(7-12)15-3/h8-10H,4-7,12H2,1-3H3. The van der Waals surface area contributed by atoms with Gasteiger partial charge in [-0.3, -0.25) is 4.79 Å². The van der Waals surface area contributed by atoms with E-state index in [0.29, 0.717) is 12.1 Å². The zero-order chi connectivity index (χ0) is 11.4. The summed E-state index contributed by atoms with van der Waals surface area (Å²) in [4.78, 5) is 14.0. The van der Waals surface area contributed by atoms with Gasteiger partial charge in [0.2, 0.25) is 0 Å². The normalized spacial score (nSPS) is 28.9. The first kappa shape index (κ1) is 12.5. The molecule has 88 valence electrons. The Balaban J connectivity index is 2.70. The Bertz CT molecular complexity index is 207. The summed E-state index contributed by atoms with van der Waals surface area (Å²) in [5.74, 6) is 0.0414. The third-order valence-corrected chi connectivity index (χ3v) is 3.22. The number of hydrogen-bond donors (Lipinski definition) is 1. The SMILES string of the molecule is COC(CN)C(=O)N1C(C)CCCC1C. The van der Waals surface area contributed by atoms with Crippen LogP contribution in [0.3, 0.4) is 0 Å². The molecule has 0 spiro atoms. The molecule has 3 atom stereocenters. The van der Waals surface area contributed by atoms with Gasteiger partial charge in [-0.1, -0.05) is 0 Å². The number of rotatable bonds is 3. The highest BCUT2D eigenvalue weighted by Crippen LogP contribution is 2.23. The summed E-state index contributed by atoms with van der Waals surface area (Å²) >= 11 is 0. The average molecular weight is 214 g/mol. The molecule has 1 saturated heterocycles. The average Bonchev–Trinajstić information content (AvgIpc) is 2.19. The lowest BCUT2D eigenvalue weighted by Crippen LogP contribution is -2.53. The number of carbonyl (C=O) groups is 1. The van der Waals surface area contributed by atoms with E-state index in [1.807, 2.05) is 4.90 Å². The van der Waals surface area contributed by atoms with Crippen LogP contribution in [0.5, 0.6) is 0 Å². The van der Waals surface area contributed by atoms with Crippen LogP contribution in [-0.2, 0) is 9.53 Å². The number of methoxy groups -OCH3 is 1. The second-order valence-corrected chi connectivity index (χ2v) is 4.33. The summed E-state index contributed by atoms with van der Waals surface area (Å²) in [5.41, 5.74) is 5.51. The molecule has 15 heavy (non-hydrogen) atoms. The molecule has 3 unspecified atom stereocenters. The first-order valence-corrected chi connectivity index (χ1v) is 5.66. The molecule has 2 N–H and O–H groups in total. The second kappa shape index (κ2) is 5.47. The molecule has 0 aromatic heterocycles. The highest BCUT2D eigenvalue weighted by molar-refractivity contribution is 5.81. The third kappa shape index (κ3) is 2.69. The molecule has 0 aromatic rings. The molecular formula is C11H22N2O2. The summed E-state index contributed by atoms with van der Waals surface area (Å²) in [5, 5.41) is 0. The van der Waals surface area contributed by atoms with Crippen molar-refractivity contribution in [3.05, 3.63) is 0 Å². The van der Waals surface area contributed by atoms with E-state index in [0.717, 1.165) is 12.8 Å². The highest BCUT2D eigenvalue weighted by atomic mass is 16.5. The number of carbonyl (C=O) groups excluding carboxylic acids is 1. The molecule has 4 nitrogen and oxygen atoms in total. The molecule has 1 fully saturated rings. The number of nitrogens with two attached hydrogens (primary N) is 1. The fraction of sp³-hybridized carbons (Fsp3) is 0.909. The van der Waals surface area contributed by atoms with Gasteiger partial charge in [-0.25, -0.2) is 0 Å². The van der Waals surface area contributed by atoms with Gasteiger partial charge in [0.1, 0.15) is 6.10 Å². The Morgan fingerprint density at radius 2 is 2.00 bits per heavy atom. The fourth-order valence-electron chi connectivity index (χ4n) is 2.32. The van der Waals surface area contributed by atoms with Crippen molar-refractivity contribution in [2.45, 2.75) is 51.3 Å². The van der Waals surface area contributed by atoms with E-state index in [-0.39, 0.29) is 12.5 Å². The lowest BCUT2D eigenvalue weighted by atomic mass is 9.97. The maximum absolute atomic E-state index is 12.1. The van der Waals surface area contributed by atoms with E-state index in [2.05, 4.69) is 13.8 Å². The van der Waals surface area contributed by atoms with Gasteiger partial charge in [-0.05, 0) is 33.1 Å². The highest BCUT2D eigenvalue weighted by Gasteiger charge is 2.32. The van der Waals surface area contributed by atoms with Crippen LogP contribution in [0.25, 0.3) is 0 Å². The number of nitrogens with zero attached hydrogens (tertiary/aromatic N) is 1. The van der Waals surface area contributed by atoms with Crippen LogP contribution in [0.4, 0.5) is 0 Å². The predicted molar refractivity (Wildman–Crippen MR) is 59.5 cm³/mol. The molecule has 4 heteroatoms. The van der Waals surface area contributed by atoms with Crippen LogP contribution in [0.1, 0.15) is 33.1 Å². The topological polar surface area (TPSA) is 55.6 Å². The maximum atomic E-state index is 12.1. The molecule has 0 aromatic carbocycles. The van der Waals surface area contributed by atoms with Crippen molar-refractivity contribution in [2.75, 3.05) is 13.7 Å². The first-order chi connectivity index (χ1) is 7.11. The van der Waals surface area contributed by atoms with Gasteiger partial charge in [0.25, 0.3) is 5.91 Å². The summed E-state index contributed by atoms with van der Waals surface area (Å²) in [6, 6.07) is 0.621. The van der Waals surface area contributed by atoms with E-state index in [9.17, 15) is 4.79 Å². The summed E-state index contributed by atoms with van der Waals surface area (Å²) in [6.07, 6.45) is 2.88. The van der Waals surface area contributed by atoms with E-state index in [1.54, 1.807) is 0 Å². The van der Waals surface area contributed by atoms with E-state index < -0.39 is 6.10 Å². The van der Waals surface area contributed by atoms with Gasteiger partial charge < -0.3 is 15.4 Å². The van der Waals surface area contributed by atoms with Crippen molar-refractivity contribution in [2.24, 2.45) is 5.73 Å². The van der Waals surface area contributed by atoms with Crippen LogP contribution in [0, 0.1) is 0 Å². The van der Waals surface area contributed by atoms with Gasteiger partial charge >= 0.3 is 0 Å². The van der Waals surface area contributed by atoms with Gasteiger partial charge in [0.05, 0.1) is 0 Å². The Labute approximate surface area is 91.8 Å². The minimum Gasteiger partial charge on any atom is -0.370 e. The number of piperidine rings is 1. The molecule has 1 amide bonds. The van der Waals surface area contributed by atoms with Crippen LogP contribution < -0.4 is 5.73 Å². The van der Waals surface area contributed by atoms with Crippen LogP contribution in [0.15, 0.2) is 0 Å². The van der Waals surface area contributed by atoms with Crippen LogP contribution in [-0.4, -0.2) is 42.6 Å². The Morgan fingerprint density at radius 1 is 1.47 bits per heavy atom. The van der Waals surface area contributed by atoms with Crippen molar-refractivity contribution < 1.29 is 9.53 Å². The summed E-state index contributed by atoms with van der Waals surface area (Å²) in [6.45, 7) is 4.44. The van der Waals surface area contributed by atoms with Crippen molar-refractivity contribution >= 4 is 5.91 Å². The molecule has 1 aliphatic rings. The fourth-order valence-corrected chi connectivity index (χ4v) is 2.32. The molecule has 1 aliphatic heterocycles. The molecule has 1 rings (SSSR count). The first-order valence-electron chi connectivity index (χ1n) is 5.66. The van der Waals surface area contributed by atoms with E-state index in [4.69, 9.17) is 10.5 Å². The van der Waals surface area contributed by atoms with Crippen molar-refractivity contribution in [3.63, 3.8) is 0 Å². The minimum atomic E-state index is -0.479. The Hall–Kier alpha value is -0.610. The van der Waals surface area contributed by atoms with E-state index >= 15 is 0 Å². The minimum absolute atomic E-state index is 0.0414. The maximum Gasteiger partial charge on any atom is 0.253 e. The second-order valence-electron chi connectivity index (χ2n) is 4.33. The molecule has 0 bridgehead atoms. The van der Waals surface area contributed by atoms with E-state index in [1.165, 1.54) is 13.5 Å². The molecular weight excluding hydrogens is 192 g/mol. The number of likely N-dealkylation sites (tertiary alicyclic amines) is 1. The largest absolute Gasteiger partial charge is 0.370 e. The number of amides is 1. The summed E-state index contributed by atoms with van der Waals surface area (Å²) in [7, 11) is 1.54. The molecule has 0 aliphatic carbocycles. The zero-order valence-electron chi connectivity index (χ0n) is 9.90. The van der Waals surface area contributed by atoms with Crippen LogP contribution in [0.2, 0.25) is 0 Å². The molecule has 0 saturated carbocycles. The lowest BCUT2D eigenvalue weighted by molar-refractivity contribution is -0.147. The van der Waals surface area contributed by atoms with Gasteiger partial charge in [-0.15, -0.1) is 0 Å². The summed E-state index contributed by atoms with van der Waals surface area (Å²) < 4.78 is 5.09. The van der Waals surface area contributed by atoms with Crippen LogP contribution >= 0.6 is 0 Å². The monoisotopic (exact) mass is 214 g/mol. The predicted octanol–water partition coefficient (Wildman–Crippen LogP) is 0.750. The van der Waals surface area contributed by atoms with Gasteiger partial charge in [0.15, 0.2) is 0 Å².